The van der Waals surface area contributed by atoms with Crippen molar-refractivity contribution in [2.75, 3.05) is 5.32 Å². The summed E-state index contributed by atoms with van der Waals surface area (Å²) in [7, 11) is 0. The molecule has 0 saturated carbocycles. The minimum atomic E-state index is 0.339. The van der Waals surface area contributed by atoms with Crippen LogP contribution in [0.1, 0.15) is 30.0 Å². The third-order valence-electron chi connectivity index (χ3n) is 3.56. The highest BCUT2D eigenvalue weighted by atomic mass is 14.9. The van der Waals surface area contributed by atoms with Crippen molar-refractivity contribution in [1.82, 2.24) is 0 Å². The highest BCUT2D eigenvalue weighted by Gasteiger charge is 2.11. The van der Waals surface area contributed by atoms with Crippen LogP contribution in [0.5, 0.6) is 0 Å². The molecule has 0 aliphatic carbocycles. The van der Waals surface area contributed by atoms with Crippen LogP contribution in [-0.2, 0) is 6.42 Å². The molecule has 102 valence electrons. The average Bonchev–Trinajstić information content (AvgIpc) is 2.48. The lowest BCUT2D eigenvalue weighted by atomic mass is 10.0. The van der Waals surface area contributed by atoms with Crippen LogP contribution in [0.25, 0.3) is 0 Å². The Morgan fingerprint density at radius 3 is 2.50 bits per heavy atom. The molecular formula is C18H20N2. The minimum absolute atomic E-state index is 0.339. The van der Waals surface area contributed by atoms with Crippen molar-refractivity contribution in [3.05, 3.63) is 65.2 Å². The number of anilines is 1. The van der Waals surface area contributed by atoms with Crippen LogP contribution in [0.3, 0.4) is 0 Å². The molecule has 0 radical (unpaired) electrons. The second-order valence-electron chi connectivity index (χ2n) is 5.05. The molecule has 2 aromatic carbocycles. The molecule has 1 N–H and O–H groups in total. The van der Waals surface area contributed by atoms with E-state index in [2.05, 4.69) is 42.6 Å². The van der Waals surface area contributed by atoms with Crippen molar-refractivity contribution in [3.63, 3.8) is 0 Å². The second kappa shape index (κ2) is 6.77. The topological polar surface area (TPSA) is 35.8 Å². The summed E-state index contributed by atoms with van der Waals surface area (Å²) in [4.78, 5) is 0. The number of nitriles is 1. The van der Waals surface area contributed by atoms with Crippen LogP contribution < -0.4 is 5.32 Å². The van der Waals surface area contributed by atoms with Crippen molar-refractivity contribution < 1.29 is 0 Å². The SMILES string of the molecule is CCC(Cc1ccccc1)Nc1cccc(C)c1C#N. The molecule has 2 aromatic rings. The van der Waals surface area contributed by atoms with Crippen molar-refractivity contribution >= 4 is 5.69 Å². The van der Waals surface area contributed by atoms with E-state index in [1.807, 2.05) is 31.2 Å². The maximum Gasteiger partial charge on any atom is 0.102 e. The Kier molecular flexibility index (Phi) is 4.79. The van der Waals surface area contributed by atoms with Gasteiger partial charge in [-0.15, -0.1) is 0 Å². The first-order valence-corrected chi connectivity index (χ1v) is 7.04. The molecule has 0 saturated heterocycles. The number of benzene rings is 2. The zero-order valence-electron chi connectivity index (χ0n) is 12.1. The summed E-state index contributed by atoms with van der Waals surface area (Å²) >= 11 is 0. The largest absolute Gasteiger partial charge is 0.381 e. The van der Waals surface area contributed by atoms with Gasteiger partial charge in [0.15, 0.2) is 0 Å². The fourth-order valence-electron chi connectivity index (χ4n) is 2.35. The third-order valence-corrected chi connectivity index (χ3v) is 3.56. The van der Waals surface area contributed by atoms with E-state index in [9.17, 15) is 5.26 Å². The van der Waals surface area contributed by atoms with Gasteiger partial charge in [0.1, 0.15) is 6.07 Å². The number of hydrogen-bond donors (Lipinski definition) is 1. The Bertz CT molecular complexity index is 597. The molecule has 20 heavy (non-hydrogen) atoms. The van der Waals surface area contributed by atoms with Gasteiger partial charge < -0.3 is 5.32 Å². The second-order valence-corrected chi connectivity index (χ2v) is 5.05. The van der Waals surface area contributed by atoms with E-state index in [1.54, 1.807) is 0 Å². The molecule has 0 aliphatic heterocycles. The molecule has 1 atom stereocenters. The normalized spacial score (nSPS) is 11.7. The first kappa shape index (κ1) is 14.1. The van der Waals surface area contributed by atoms with E-state index in [1.165, 1.54) is 5.56 Å². The van der Waals surface area contributed by atoms with E-state index < -0.39 is 0 Å². The Labute approximate surface area is 121 Å². The van der Waals surface area contributed by atoms with Gasteiger partial charge in [0.25, 0.3) is 0 Å². The van der Waals surface area contributed by atoms with E-state index in [0.29, 0.717) is 6.04 Å². The molecule has 0 fully saturated rings. The first-order valence-electron chi connectivity index (χ1n) is 7.04. The summed E-state index contributed by atoms with van der Waals surface area (Å²) in [6.07, 6.45) is 1.99. The van der Waals surface area contributed by atoms with Gasteiger partial charge in [-0.2, -0.15) is 5.26 Å². The third kappa shape index (κ3) is 3.39. The quantitative estimate of drug-likeness (QED) is 0.874. The lowest BCUT2D eigenvalue weighted by Crippen LogP contribution is -2.22. The van der Waals surface area contributed by atoms with Crippen LogP contribution in [-0.4, -0.2) is 6.04 Å². The maximum atomic E-state index is 9.28. The molecule has 0 spiro atoms. The smallest absolute Gasteiger partial charge is 0.102 e. The van der Waals surface area contributed by atoms with Crippen LogP contribution in [0, 0.1) is 18.3 Å². The number of aryl methyl sites for hydroxylation is 1. The van der Waals surface area contributed by atoms with Crippen molar-refractivity contribution in [2.45, 2.75) is 32.7 Å². The van der Waals surface area contributed by atoms with Crippen molar-refractivity contribution in [2.24, 2.45) is 0 Å². The van der Waals surface area contributed by atoms with E-state index in [0.717, 1.165) is 29.7 Å². The zero-order chi connectivity index (χ0) is 14.4. The molecule has 0 bridgehead atoms. The van der Waals surface area contributed by atoms with Gasteiger partial charge in [-0.05, 0) is 37.0 Å². The van der Waals surface area contributed by atoms with Gasteiger partial charge in [-0.3, -0.25) is 0 Å². The molecule has 2 rings (SSSR count). The Morgan fingerprint density at radius 2 is 1.85 bits per heavy atom. The number of nitrogens with zero attached hydrogens (tertiary/aromatic N) is 1. The molecule has 0 aliphatic rings. The highest BCUT2D eigenvalue weighted by molar-refractivity contribution is 5.61. The van der Waals surface area contributed by atoms with Crippen molar-refractivity contribution in [1.29, 1.82) is 5.26 Å². The van der Waals surface area contributed by atoms with Crippen LogP contribution >= 0.6 is 0 Å². The van der Waals surface area contributed by atoms with Gasteiger partial charge in [-0.25, -0.2) is 0 Å². The molecule has 0 aromatic heterocycles. The van der Waals surface area contributed by atoms with E-state index in [-0.39, 0.29) is 0 Å². The standard InChI is InChI=1S/C18H20N2/c1-3-16(12-15-9-5-4-6-10-15)20-18-11-7-8-14(2)17(18)13-19/h4-11,16,20H,3,12H2,1-2H3. The summed E-state index contributed by atoms with van der Waals surface area (Å²) < 4.78 is 0. The summed E-state index contributed by atoms with van der Waals surface area (Å²) in [5.74, 6) is 0. The predicted molar refractivity (Wildman–Crippen MR) is 83.7 cm³/mol. The Morgan fingerprint density at radius 1 is 1.10 bits per heavy atom. The highest BCUT2D eigenvalue weighted by Crippen LogP contribution is 2.21. The number of nitrogens with one attached hydrogen (secondary N) is 1. The van der Waals surface area contributed by atoms with Gasteiger partial charge in [0.05, 0.1) is 11.3 Å². The molecule has 0 heterocycles. The number of hydrogen-bond acceptors (Lipinski definition) is 2. The average molecular weight is 264 g/mol. The van der Waals surface area contributed by atoms with E-state index >= 15 is 0 Å². The van der Waals surface area contributed by atoms with Gasteiger partial charge in [-0.1, -0.05) is 49.4 Å². The summed E-state index contributed by atoms with van der Waals surface area (Å²) in [6, 6.07) is 19.0. The summed E-state index contributed by atoms with van der Waals surface area (Å²) in [5.41, 5.74) is 4.03. The predicted octanol–water partition coefficient (Wildman–Crippen LogP) is 4.30. The van der Waals surface area contributed by atoms with Crippen LogP contribution in [0.2, 0.25) is 0 Å². The molecule has 2 nitrogen and oxygen atoms in total. The summed E-state index contributed by atoms with van der Waals surface area (Å²) in [5, 5.41) is 12.8. The zero-order valence-corrected chi connectivity index (χ0v) is 12.1. The first-order chi connectivity index (χ1) is 9.74. The van der Waals surface area contributed by atoms with E-state index in [4.69, 9.17) is 0 Å². The summed E-state index contributed by atoms with van der Waals surface area (Å²) in [6.45, 7) is 4.14. The lowest BCUT2D eigenvalue weighted by molar-refractivity contribution is 0.690. The molecule has 1 unspecified atom stereocenters. The molecule has 0 amide bonds. The minimum Gasteiger partial charge on any atom is -0.381 e. The molecular weight excluding hydrogens is 244 g/mol. The maximum absolute atomic E-state index is 9.28. The Balaban J connectivity index is 2.15. The van der Waals surface area contributed by atoms with Gasteiger partial charge >= 0.3 is 0 Å². The van der Waals surface area contributed by atoms with Crippen molar-refractivity contribution in [3.8, 4) is 6.07 Å². The lowest BCUT2D eigenvalue weighted by Gasteiger charge is -2.20. The van der Waals surface area contributed by atoms with Crippen LogP contribution in [0.4, 0.5) is 5.69 Å². The van der Waals surface area contributed by atoms with Gasteiger partial charge in [0.2, 0.25) is 0 Å². The Hall–Kier alpha value is -2.27. The monoisotopic (exact) mass is 264 g/mol. The fraction of sp³-hybridized carbons (Fsp3) is 0.278. The number of rotatable bonds is 5. The fourth-order valence-corrected chi connectivity index (χ4v) is 2.35. The van der Waals surface area contributed by atoms with Crippen LogP contribution in [0.15, 0.2) is 48.5 Å². The molecule has 2 heteroatoms. The van der Waals surface area contributed by atoms with Gasteiger partial charge in [0, 0.05) is 6.04 Å².